The standard InChI is InChI=1S/C4H5N3O2/c8-4(9)1-7-2-5-6-3-7/h2-3H,1H2,(H,8,9). The van der Waals surface area contributed by atoms with Gasteiger partial charge in [0.05, 0.1) is 0 Å². The van der Waals surface area contributed by atoms with Crippen LogP contribution >= 0.6 is 0 Å². The highest BCUT2D eigenvalue weighted by atomic mass is 16.4. The molecule has 9 heavy (non-hydrogen) atoms. The zero-order valence-electron chi connectivity index (χ0n) is 4.56. The van der Waals surface area contributed by atoms with Gasteiger partial charge in [0.1, 0.15) is 19.2 Å². The summed E-state index contributed by atoms with van der Waals surface area (Å²) in [4.78, 5) is 9.99. The average Bonchev–Trinajstić information content (AvgIpc) is 2.15. The highest BCUT2D eigenvalue weighted by molar-refractivity contribution is 5.66. The van der Waals surface area contributed by atoms with Crippen LogP contribution < -0.4 is 0 Å². The number of aliphatic carboxylic acids is 1. The van der Waals surface area contributed by atoms with Crippen molar-refractivity contribution in [3.63, 3.8) is 0 Å². The maximum Gasteiger partial charge on any atom is 0.323 e. The second-order valence-electron chi connectivity index (χ2n) is 1.53. The molecule has 0 bridgehead atoms. The largest absolute Gasteiger partial charge is 0.480 e. The minimum Gasteiger partial charge on any atom is -0.480 e. The number of aromatic nitrogens is 3. The SMILES string of the molecule is O=C(O)Cn1cnnc1. The summed E-state index contributed by atoms with van der Waals surface area (Å²) in [6.07, 6.45) is 2.71. The lowest BCUT2D eigenvalue weighted by Crippen LogP contribution is -2.06. The number of hydrogen-bond donors (Lipinski definition) is 1. The number of rotatable bonds is 2. The number of carbonyl (C=O) groups is 1. The summed E-state index contributed by atoms with van der Waals surface area (Å²) in [6.45, 7) is -0.0764. The first-order chi connectivity index (χ1) is 4.29. The quantitative estimate of drug-likeness (QED) is 0.573. The maximum absolute atomic E-state index is 9.99. The van der Waals surface area contributed by atoms with E-state index in [1.165, 1.54) is 17.2 Å². The van der Waals surface area contributed by atoms with Crippen LogP contribution in [0.2, 0.25) is 0 Å². The predicted molar refractivity (Wildman–Crippen MR) is 27.7 cm³/mol. The van der Waals surface area contributed by atoms with E-state index in [1.54, 1.807) is 0 Å². The molecule has 0 fully saturated rings. The molecule has 1 N–H and O–H groups in total. The zero-order chi connectivity index (χ0) is 6.69. The molecule has 0 unspecified atom stereocenters. The van der Waals surface area contributed by atoms with Crippen LogP contribution in [0, 0.1) is 0 Å². The first-order valence-corrected chi connectivity index (χ1v) is 2.33. The monoisotopic (exact) mass is 127 g/mol. The van der Waals surface area contributed by atoms with E-state index in [9.17, 15) is 4.79 Å². The molecule has 1 aromatic heterocycles. The van der Waals surface area contributed by atoms with Crippen molar-refractivity contribution in [2.45, 2.75) is 6.54 Å². The Balaban J connectivity index is 2.58. The molecule has 0 radical (unpaired) electrons. The van der Waals surface area contributed by atoms with Gasteiger partial charge in [0, 0.05) is 0 Å². The lowest BCUT2D eigenvalue weighted by atomic mass is 10.6. The van der Waals surface area contributed by atoms with E-state index in [0.29, 0.717) is 0 Å². The van der Waals surface area contributed by atoms with E-state index in [0.717, 1.165) is 0 Å². The Kier molecular flexibility index (Phi) is 1.44. The zero-order valence-corrected chi connectivity index (χ0v) is 4.56. The molecule has 0 saturated heterocycles. The molecule has 0 atom stereocenters. The molecule has 0 aliphatic rings. The van der Waals surface area contributed by atoms with Crippen LogP contribution in [0.5, 0.6) is 0 Å². The first-order valence-electron chi connectivity index (χ1n) is 2.33. The molecule has 0 saturated carbocycles. The van der Waals surface area contributed by atoms with Gasteiger partial charge in [-0.05, 0) is 0 Å². The minimum atomic E-state index is -0.894. The Hall–Kier alpha value is -1.39. The summed E-state index contributed by atoms with van der Waals surface area (Å²) >= 11 is 0. The molecule has 5 nitrogen and oxygen atoms in total. The van der Waals surface area contributed by atoms with Gasteiger partial charge in [0.15, 0.2) is 0 Å². The van der Waals surface area contributed by atoms with Crippen molar-refractivity contribution < 1.29 is 9.90 Å². The van der Waals surface area contributed by atoms with E-state index < -0.39 is 5.97 Å². The van der Waals surface area contributed by atoms with E-state index in [4.69, 9.17) is 5.11 Å². The minimum absolute atomic E-state index is 0.0764. The van der Waals surface area contributed by atoms with Crippen molar-refractivity contribution in [2.24, 2.45) is 0 Å². The third kappa shape index (κ3) is 1.52. The molecular weight excluding hydrogens is 122 g/mol. The number of hydrogen-bond acceptors (Lipinski definition) is 3. The van der Waals surface area contributed by atoms with Gasteiger partial charge in [-0.2, -0.15) is 0 Å². The van der Waals surface area contributed by atoms with Gasteiger partial charge in [0.25, 0.3) is 0 Å². The normalized spacial score (nSPS) is 9.33. The van der Waals surface area contributed by atoms with Gasteiger partial charge >= 0.3 is 5.97 Å². The van der Waals surface area contributed by atoms with E-state index in [-0.39, 0.29) is 6.54 Å². The summed E-state index contributed by atoms with van der Waals surface area (Å²) in [7, 11) is 0. The van der Waals surface area contributed by atoms with Crippen LogP contribution in [0.25, 0.3) is 0 Å². The number of carboxylic acid groups (broad SMARTS) is 1. The lowest BCUT2D eigenvalue weighted by Gasteiger charge is -1.90. The Morgan fingerprint density at radius 2 is 2.11 bits per heavy atom. The molecule has 1 heterocycles. The molecule has 48 valence electrons. The molecule has 1 aromatic rings. The molecule has 0 amide bonds. The summed E-state index contributed by atoms with van der Waals surface area (Å²) < 4.78 is 1.38. The van der Waals surface area contributed by atoms with Gasteiger partial charge in [-0.1, -0.05) is 0 Å². The van der Waals surface area contributed by atoms with Crippen molar-refractivity contribution in [2.75, 3.05) is 0 Å². The number of nitrogens with zero attached hydrogens (tertiary/aromatic N) is 3. The molecule has 0 aliphatic carbocycles. The fourth-order valence-electron chi connectivity index (χ4n) is 0.460. The summed E-state index contributed by atoms with van der Waals surface area (Å²) in [5, 5.41) is 15.1. The van der Waals surface area contributed by atoms with Crippen LogP contribution in [0.15, 0.2) is 12.7 Å². The van der Waals surface area contributed by atoms with E-state index in [1.807, 2.05) is 0 Å². The van der Waals surface area contributed by atoms with Gasteiger partial charge in [-0.25, -0.2) is 0 Å². The predicted octanol–water partition coefficient (Wildman–Crippen LogP) is -0.637. The lowest BCUT2D eigenvalue weighted by molar-refractivity contribution is -0.137. The fourth-order valence-corrected chi connectivity index (χ4v) is 0.460. The summed E-state index contributed by atoms with van der Waals surface area (Å²) in [5.74, 6) is -0.894. The van der Waals surface area contributed by atoms with E-state index in [2.05, 4.69) is 10.2 Å². The fraction of sp³-hybridized carbons (Fsp3) is 0.250. The molecule has 5 heteroatoms. The van der Waals surface area contributed by atoms with Crippen LogP contribution in [0.1, 0.15) is 0 Å². The molecular formula is C4H5N3O2. The first kappa shape index (κ1) is 5.74. The van der Waals surface area contributed by atoms with Gasteiger partial charge < -0.3 is 9.67 Å². The molecule has 0 aliphatic heterocycles. The molecule has 0 aromatic carbocycles. The maximum atomic E-state index is 9.99. The van der Waals surface area contributed by atoms with Crippen LogP contribution in [-0.4, -0.2) is 25.8 Å². The molecule has 1 rings (SSSR count). The van der Waals surface area contributed by atoms with Crippen molar-refractivity contribution >= 4 is 5.97 Å². The highest BCUT2D eigenvalue weighted by Crippen LogP contribution is 1.79. The summed E-state index contributed by atoms with van der Waals surface area (Å²) in [5.41, 5.74) is 0. The van der Waals surface area contributed by atoms with E-state index >= 15 is 0 Å². The van der Waals surface area contributed by atoms with Crippen LogP contribution in [-0.2, 0) is 11.3 Å². The topological polar surface area (TPSA) is 68.0 Å². The average molecular weight is 127 g/mol. The second kappa shape index (κ2) is 2.25. The Bertz CT molecular complexity index is 194. The van der Waals surface area contributed by atoms with Crippen LogP contribution in [0.4, 0.5) is 0 Å². The Labute approximate surface area is 50.9 Å². The third-order valence-corrected chi connectivity index (χ3v) is 0.784. The van der Waals surface area contributed by atoms with Crippen molar-refractivity contribution in [3.05, 3.63) is 12.7 Å². The van der Waals surface area contributed by atoms with Gasteiger partial charge in [0.2, 0.25) is 0 Å². The summed E-state index contributed by atoms with van der Waals surface area (Å²) in [6, 6.07) is 0. The third-order valence-electron chi connectivity index (χ3n) is 0.784. The van der Waals surface area contributed by atoms with Gasteiger partial charge in [-0.3, -0.25) is 4.79 Å². The Morgan fingerprint density at radius 1 is 1.56 bits per heavy atom. The smallest absolute Gasteiger partial charge is 0.323 e. The van der Waals surface area contributed by atoms with Crippen molar-refractivity contribution in [3.8, 4) is 0 Å². The van der Waals surface area contributed by atoms with Crippen molar-refractivity contribution in [1.29, 1.82) is 0 Å². The van der Waals surface area contributed by atoms with Crippen LogP contribution in [0.3, 0.4) is 0 Å². The second-order valence-corrected chi connectivity index (χ2v) is 1.53. The number of carboxylic acids is 1. The highest BCUT2D eigenvalue weighted by Gasteiger charge is 1.95. The molecule has 0 spiro atoms. The van der Waals surface area contributed by atoms with Gasteiger partial charge in [-0.15, -0.1) is 10.2 Å². The van der Waals surface area contributed by atoms with Crippen molar-refractivity contribution in [1.82, 2.24) is 14.8 Å². The Morgan fingerprint density at radius 3 is 2.56 bits per heavy atom.